The number of aryl methyl sites for hydroxylation is 2. The number of amides is 1. The Morgan fingerprint density at radius 1 is 1.30 bits per heavy atom. The van der Waals surface area contributed by atoms with E-state index in [1.807, 2.05) is 13.8 Å². The molecule has 0 aliphatic carbocycles. The molecule has 1 aromatic rings. The topological polar surface area (TPSA) is 66.8 Å². The molecule has 1 aliphatic heterocycles. The molecule has 1 saturated heterocycles. The minimum absolute atomic E-state index is 0.219. The number of carbonyl (C=O) groups excluding carboxylic acids is 1. The second kappa shape index (κ2) is 5.53. The molecule has 1 unspecified atom stereocenters. The van der Waals surface area contributed by atoms with E-state index in [1.54, 1.807) is 19.2 Å². The summed E-state index contributed by atoms with van der Waals surface area (Å²) in [4.78, 5) is 25.1. The Morgan fingerprint density at radius 2 is 1.90 bits per heavy atom. The molecule has 1 atom stereocenters. The lowest BCUT2D eigenvalue weighted by Gasteiger charge is -2.22. The summed E-state index contributed by atoms with van der Waals surface area (Å²) in [6.07, 6.45) is 1.26. The minimum Gasteiger partial charge on any atom is -0.496 e. The van der Waals surface area contributed by atoms with E-state index in [0.29, 0.717) is 18.5 Å². The van der Waals surface area contributed by atoms with Gasteiger partial charge in [0.2, 0.25) is 0 Å². The number of benzene rings is 1. The Hall–Kier alpha value is -2.04. The number of carboxylic acid groups (broad SMARTS) is 1. The fourth-order valence-electron chi connectivity index (χ4n) is 2.83. The summed E-state index contributed by atoms with van der Waals surface area (Å²) in [7, 11) is 1.59. The van der Waals surface area contributed by atoms with Crippen LogP contribution in [0.2, 0.25) is 0 Å². The molecule has 5 heteroatoms. The molecule has 0 radical (unpaired) electrons. The Kier molecular flexibility index (Phi) is 3.97. The monoisotopic (exact) mass is 277 g/mol. The molecule has 0 aromatic heterocycles. The van der Waals surface area contributed by atoms with Crippen molar-refractivity contribution in [3.05, 3.63) is 28.8 Å². The normalized spacial score (nSPS) is 18.1. The van der Waals surface area contributed by atoms with Crippen LogP contribution in [-0.2, 0) is 4.79 Å². The third-order valence-electron chi connectivity index (χ3n) is 3.71. The first kappa shape index (κ1) is 14.4. The summed E-state index contributed by atoms with van der Waals surface area (Å²) in [5.74, 6) is -0.390. The number of rotatable bonds is 3. The van der Waals surface area contributed by atoms with Crippen LogP contribution in [0.25, 0.3) is 0 Å². The molecule has 0 bridgehead atoms. The highest BCUT2D eigenvalue weighted by Gasteiger charge is 2.34. The maximum Gasteiger partial charge on any atom is 0.326 e. The number of carbonyl (C=O) groups is 2. The summed E-state index contributed by atoms with van der Waals surface area (Å²) >= 11 is 0. The van der Waals surface area contributed by atoms with Crippen LogP contribution < -0.4 is 4.74 Å². The highest BCUT2D eigenvalue weighted by molar-refractivity contribution is 5.97. The molecule has 2 rings (SSSR count). The van der Waals surface area contributed by atoms with Crippen LogP contribution in [0.5, 0.6) is 5.75 Å². The maximum absolute atomic E-state index is 12.5. The second-order valence-corrected chi connectivity index (χ2v) is 5.14. The number of aliphatic carboxylic acids is 1. The van der Waals surface area contributed by atoms with Crippen molar-refractivity contribution in [2.75, 3.05) is 13.7 Å². The molecule has 5 nitrogen and oxygen atoms in total. The number of methoxy groups -OCH3 is 1. The number of hydrogen-bond acceptors (Lipinski definition) is 3. The van der Waals surface area contributed by atoms with Crippen LogP contribution in [0, 0.1) is 13.8 Å². The minimum atomic E-state index is -0.933. The third kappa shape index (κ3) is 2.48. The highest BCUT2D eigenvalue weighted by Crippen LogP contribution is 2.27. The molecular formula is C15H19NO4. The fraction of sp³-hybridized carbons (Fsp3) is 0.467. The average molecular weight is 277 g/mol. The van der Waals surface area contributed by atoms with E-state index in [4.69, 9.17) is 9.84 Å². The standard InChI is InChI=1S/C15H19NO4/c1-9-7-11(8-10(2)13(9)20-3)14(17)16-6-4-5-12(16)15(18)19/h7-8,12H,4-6H2,1-3H3,(H,18,19). The van der Waals surface area contributed by atoms with E-state index >= 15 is 0 Å². The van der Waals surface area contributed by atoms with Crippen LogP contribution in [0.4, 0.5) is 0 Å². The van der Waals surface area contributed by atoms with E-state index in [1.165, 1.54) is 4.90 Å². The lowest BCUT2D eigenvalue weighted by molar-refractivity contribution is -0.141. The molecule has 108 valence electrons. The van der Waals surface area contributed by atoms with E-state index in [9.17, 15) is 9.59 Å². The van der Waals surface area contributed by atoms with Crippen LogP contribution >= 0.6 is 0 Å². The molecule has 0 spiro atoms. The molecule has 1 fully saturated rings. The Balaban J connectivity index is 2.32. The van der Waals surface area contributed by atoms with Crippen LogP contribution in [-0.4, -0.2) is 41.6 Å². The smallest absolute Gasteiger partial charge is 0.326 e. The predicted molar refractivity (Wildman–Crippen MR) is 74.2 cm³/mol. The van der Waals surface area contributed by atoms with Gasteiger partial charge < -0.3 is 14.7 Å². The zero-order chi connectivity index (χ0) is 14.9. The summed E-state index contributed by atoms with van der Waals surface area (Å²) in [5, 5.41) is 9.16. The van der Waals surface area contributed by atoms with Crippen molar-refractivity contribution < 1.29 is 19.4 Å². The highest BCUT2D eigenvalue weighted by atomic mass is 16.5. The SMILES string of the molecule is COc1c(C)cc(C(=O)N2CCCC2C(=O)O)cc1C. The Bertz CT molecular complexity index is 530. The van der Waals surface area contributed by atoms with Gasteiger partial charge in [-0.1, -0.05) is 0 Å². The Labute approximate surface area is 118 Å². The van der Waals surface area contributed by atoms with Gasteiger partial charge in [-0.2, -0.15) is 0 Å². The van der Waals surface area contributed by atoms with E-state index in [2.05, 4.69) is 0 Å². The van der Waals surface area contributed by atoms with Crippen molar-refractivity contribution in [2.24, 2.45) is 0 Å². The van der Waals surface area contributed by atoms with Gasteiger partial charge >= 0.3 is 5.97 Å². The van der Waals surface area contributed by atoms with Crippen LogP contribution in [0.15, 0.2) is 12.1 Å². The first-order valence-corrected chi connectivity index (χ1v) is 6.64. The van der Waals surface area contributed by atoms with Gasteiger partial charge in [0, 0.05) is 12.1 Å². The van der Waals surface area contributed by atoms with Crippen LogP contribution in [0.1, 0.15) is 34.3 Å². The quantitative estimate of drug-likeness (QED) is 0.917. The molecule has 0 saturated carbocycles. The van der Waals surface area contributed by atoms with Gasteiger partial charge in [0.05, 0.1) is 7.11 Å². The van der Waals surface area contributed by atoms with Crippen molar-refractivity contribution in [1.82, 2.24) is 4.90 Å². The largest absolute Gasteiger partial charge is 0.496 e. The number of carboxylic acids is 1. The molecule has 1 amide bonds. The zero-order valence-electron chi connectivity index (χ0n) is 12.0. The molecular weight excluding hydrogens is 258 g/mol. The number of nitrogens with zero attached hydrogens (tertiary/aromatic N) is 1. The summed E-state index contributed by atoms with van der Waals surface area (Å²) in [5.41, 5.74) is 2.28. The van der Waals surface area contributed by atoms with Crippen molar-refractivity contribution >= 4 is 11.9 Å². The van der Waals surface area contributed by atoms with E-state index < -0.39 is 12.0 Å². The average Bonchev–Trinajstić information content (AvgIpc) is 2.86. The lowest BCUT2D eigenvalue weighted by atomic mass is 10.0. The fourth-order valence-corrected chi connectivity index (χ4v) is 2.83. The summed E-state index contributed by atoms with van der Waals surface area (Å²) < 4.78 is 5.28. The summed E-state index contributed by atoms with van der Waals surface area (Å²) in [6, 6.07) is 2.81. The Morgan fingerprint density at radius 3 is 2.40 bits per heavy atom. The van der Waals surface area contributed by atoms with E-state index in [-0.39, 0.29) is 5.91 Å². The molecule has 1 aliphatic rings. The number of hydrogen-bond donors (Lipinski definition) is 1. The predicted octanol–water partition coefficient (Wildman–Crippen LogP) is 2.00. The molecule has 1 aromatic carbocycles. The van der Waals surface area contributed by atoms with Gasteiger partial charge in [-0.05, 0) is 49.9 Å². The lowest BCUT2D eigenvalue weighted by Crippen LogP contribution is -2.40. The van der Waals surface area contributed by atoms with Gasteiger partial charge in [-0.15, -0.1) is 0 Å². The van der Waals surface area contributed by atoms with E-state index in [0.717, 1.165) is 23.3 Å². The zero-order valence-corrected chi connectivity index (χ0v) is 12.0. The van der Waals surface area contributed by atoms with Crippen molar-refractivity contribution in [3.8, 4) is 5.75 Å². The van der Waals surface area contributed by atoms with Crippen molar-refractivity contribution in [3.63, 3.8) is 0 Å². The van der Waals surface area contributed by atoms with Crippen LogP contribution in [0.3, 0.4) is 0 Å². The first-order valence-electron chi connectivity index (χ1n) is 6.64. The van der Waals surface area contributed by atoms with Gasteiger partial charge in [0.25, 0.3) is 5.91 Å². The first-order chi connectivity index (χ1) is 9.45. The van der Waals surface area contributed by atoms with Crippen molar-refractivity contribution in [2.45, 2.75) is 32.7 Å². The van der Waals surface area contributed by atoms with Gasteiger partial charge in [0.15, 0.2) is 0 Å². The van der Waals surface area contributed by atoms with Gasteiger partial charge in [-0.25, -0.2) is 4.79 Å². The second-order valence-electron chi connectivity index (χ2n) is 5.14. The number of likely N-dealkylation sites (tertiary alicyclic amines) is 1. The summed E-state index contributed by atoms with van der Waals surface area (Å²) in [6.45, 7) is 4.25. The molecule has 1 heterocycles. The maximum atomic E-state index is 12.5. The molecule has 20 heavy (non-hydrogen) atoms. The van der Waals surface area contributed by atoms with Gasteiger partial charge in [-0.3, -0.25) is 4.79 Å². The van der Waals surface area contributed by atoms with Crippen molar-refractivity contribution in [1.29, 1.82) is 0 Å². The van der Waals surface area contributed by atoms with Gasteiger partial charge in [0.1, 0.15) is 11.8 Å². The number of ether oxygens (including phenoxy) is 1. The molecule has 1 N–H and O–H groups in total. The third-order valence-corrected chi connectivity index (χ3v) is 3.71.